The van der Waals surface area contributed by atoms with Crippen LogP contribution >= 0.6 is 0 Å². The zero-order chi connectivity index (χ0) is 12.6. The van der Waals surface area contributed by atoms with Gasteiger partial charge in [-0.1, -0.05) is 13.8 Å². The Bertz CT molecular complexity index is 269. The van der Waals surface area contributed by atoms with E-state index in [-0.39, 0.29) is 0 Å². The normalized spacial score (nSPS) is 30.3. The third-order valence-corrected chi connectivity index (χ3v) is 5.44. The fourth-order valence-corrected chi connectivity index (χ4v) is 4.33. The van der Waals surface area contributed by atoms with Crippen LogP contribution in [-0.2, 0) is 0 Å². The number of hydrogen-bond acceptors (Lipinski definition) is 3. The van der Waals surface area contributed by atoms with Crippen molar-refractivity contribution in [3.8, 4) is 0 Å². The number of likely N-dealkylation sites (N-methyl/N-ethyl adjacent to an activating group) is 1. The molecular formula is C15H29N3. The zero-order valence-corrected chi connectivity index (χ0v) is 12.2. The molecule has 0 N–H and O–H groups in total. The van der Waals surface area contributed by atoms with Crippen molar-refractivity contribution in [1.82, 2.24) is 14.7 Å². The first kappa shape index (κ1) is 12.9. The number of rotatable bonds is 4. The van der Waals surface area contributed by atoms with E-state index in [4.69, 9.17) is 0 Å². The van der Waals surface area contributed by atoms with Crippen molar-refractivity contribution in [3.05, 3.63) is 0 Å². The fraction of sp³-hybridized carbons (Fsp3) is 1.00. The largest absolute Gasteiger partial charge is 0.302 e. The van der Waals surface area contributed by atoms with Gasteiger partial charge in [-0.3, -0.25) is 0 Å². The molecule has 0 amide bonds. The highest BCUT2D eigenvalue weighted by Crippen LogP contribution is 2.51. The molecule has 3 rings (SSSR count). The Balaban J connectivity index is 1.34. The summed E-state index contributed by atoms with van der Waals surface area (Å²) in [6.45, 7) is 16.4. The van der Waals surface area contributed by atoms with Gasteiger partial charge in [-0.25, -0.2) is 0 Å². The van der Waals surface area contributed by atoms with E-state index in [1.54, 1.807) is 0 Å². The van der Waals surface area contributed by atoms with Crippen molar-refractivity contribution in [3.63, 3.8) is 0 Å². The first-order chi connectivity index (χ1) is 8.73. The van der Waals surface area contributed by atoms with Crippen molar-refractivity contribution >= 4 is 0 Å². The summed E-state index contributed by atoms with van der Waals surface area (Å²) in [5.74, 6) is 1.01. The SMILES string of the molecule is CCN1CCN(CC2CC3(C2)CN(CC)C3)CC1. The molecule has 0 aromatic rings. The molecular weight excluding hydrogens is 222 g/mol. The number of likely N-dealkylation sites (tertiary alicyclic amines) is 1. The van der Waals surface area contributed by atoms with Gasteiger partial charge in [0.05, 0.1) is 0 Å². The van der Waals surface area contributed by atoms with Gasteiger partial charge in [0.15, 0.2) is 0 Å². The molecule has 18 heavy (non-hydrogen) atoms. The van der Waals surface area contributed by atoms with Gasteiger partial charge in [-0.2, -0.15) is 0 Å². The number of piperazine rings is 1. The van der Waals surface area contributed by atoms with E-state index in [1.165, 1.54) is 71.7 Å². The maximum absolute atomic E-state index is 2.71. The lowest BCUT2D eigenvalue weighted by Crippen LogP contribution is -2.63. The highest BCUT2D eigenvalue weighted by atomic mass is 15.3. The summed E-state index contributed by atoms with van der Waals surface area (Å²) in [5.41, 5.74) is 0.770. The molecule has 0 radical (unpaired) electrons. The summed E-state index contributed by atoms with van der Waals surface area (Å²) in [6.07, 6.45) is 3.02. The molecule has 3 aliphatic rings. The Kier molecular flexibility index (Phi) is 3.65. The summed E-state index contributed by atoms with van der Waals surface area (Å²) in [5, 5.41) is 0. The van der Waals surface area contributed by atoms with Gasteiger partial charge in [0.25, 0.3) is 0 Å². The van der Waals surface area contributed by atoms with Crippen LogP contribution in [0, 0.1) is 11.3 Å². The van der Waals surface area contributed by atoms with Crippen LogP contribution in [0.2, 0.25) is 0 Å². The van der Waals surface area contributed by atoms with E-state index in [0.29, 0.717) is 0 Å². The van der Waals surface area contributed by atoms with Crippen LogP contribution in [-0.4, -0.2) is 73.6 Å². The lowest BCUT2D eigenvalue weighted by Gasteiger charge is -2.60. The Morgan fingerprint density at radius 1 is 0.833 bits per heavy atom. The minimum Gasteiger partial charge on any atom is -0.302 e. The Labute approximate surface area is 112 Å². The summed E-state index contributed by atoms with van der Waals surface area (Å²) in [7, 11) is 0. The molecule has 0 bridgehead atoms. The molecule has 2 aliphatic heterocycles. The Morgan fingerprint density at radius 3 is 1.94 bits per heavy atom. The maximum atomic E-state index is 2.71. The van der Waals surface area contributed by atoms with Crippen LogP contribution in [0.5, 0.6) is 0 Å². The van der Waals surface area contributed by atoms with Crippen molar-refractivity contribution in [2.45, 2.75) is 26.7 Å². The second-order valence-corrected chi connectivity index (χ2v) is 6.81. The molecule has 3 nitrogen and oxygen atoms in total. The molecule has 3 fully saturated rings. The molecule has 1 saturated carbocycles. The van der Waals surface area contributed by atoms with Gasteiger partial charge in [-0.05, 0) is 37.3 Å². The molecule has 104 valence electrons. The van der Waals surface area contributed by atoms with Crippen LogP contribution in [0.25, 0.3) is 0 Å². The minimum atomic E-state index is 0.770. The van der Waals surface area contributed by atoms with Gasteiger partial charge >= 0.3 is 0 Å². The summed E-state index contributed by atoms with van der Waals surface area (Å²) < 4.78 is 0. The van der Waals surface area contributed by atoms with E-state index in [9.17, 15) is 0 Å². The minimum absolute atomic E-state index is 0.770. The predicted molar refractivity (Wildman–Crippen MR) is 75.8 cm³/mol. The molecule has 2 heterocycles. The molecule has 1 aliphatic carbocycles. The van der Waals surface area contributed by atoms with Crippen molar-refractivity contribution in [2.24, 2.45) is 11.3 Å². The quantitative estimate of drug-likeness (QED) is 0.747. The molecule has 0 aromatic heterocycles. The number of nitrogens with zero attached hydrogens (tertiary/aromatic N) is 3. The van der Waals surface area contributed by atoms with Crippen LogP contribution in [0.1, 0.15) is 26.7 Å². The van der Waals surface area contributed by atoms with Crippen LogP contribution in [0.3, 0.4) is 0 Å². The third kappa shape index (κ3) is 2.45. The first-order valence-corrected chi connectivity index (χ1v) is 7.90. The average molecular weight is 251 g/mol. The number of hydrogen-bond donors (Lipinski definition) is 0. The van der Waals surface area contributed by atoms with Crippen LogP contribution < -0.4 is 0 Å². The lowest BCUT2D eigenvalue weighted by molar-refractivity contribution is -0.0996. The van der Waals surface area contributed by atoms with E-state index in [2.05, 4.69) is 28.5 Å². The van der Waals surface area contributed by atoms with Gasteiger partial charge in [-0.15, -0.1) is 0 Å². The van der Waals surface area contributed by atoms with Crippen LogP contribution in [0.4, 0.5) is 0 Å². The van der Waals surface area contributed by atoms with Crippen molar-refractivity contribution in [2.75, 3.05) is 58.9 Å². The third-order valence-electron chi connectivity index (χ3n) is 5.44. The second-order valence-electron chi connectivity index (χ2n) is 6.81. The zero-order valence-electron chi connectivity index (χ0n) is 12.2. The van der Waals surface area contributed by atoms with Crippen molar-refractivity contribution in [1.29, 1.82) is 0 Å². The fourth-order valence-electron chi connectivity index (χ4n) is 4.33. The topological polar surface area (TPSA) is 9.72 Å². The maximum Gasteiger partial charge on any atom is 0.0110 e. The van der Waals surface area contributed by atoms with E-state index in [0.717, 1.165) is 11.3 Å². The van der Waals surface area contributed by atoms with E-state index >= 15 is 0 Å². The smallest absolute Gasteiger partial charge is 0.0110 e. The second kappa shape index (κ2) is 5.10. The summed E-state index contributed by atoms with van der Waals surface area (Å²) >= 11 is 0. The van der Waals surface area contributed by atoms with Crippen molar-refractivity contribution < 1.29 is 0 Å². The molecule has 3 heteroatoms. The monoisotopic (exact) mass is 251 g/mol. The molecule has 0 atom stereocenters. The Hall–Kier alpha value is -0.120. The highest BCUT2D eigenvalue weighted by Gasteiger charge is 2.51. The molecule has 0 aromatic carbocycles. The lowest BCUT2D eigenvalue weighted by atomic mass is 9.57. The predicted octanol–water partition coefficient (Wildman–Crippen LogP) is 1.36. The summed E-state index contributed by atoms with van der Waals surface area (Å²) in [6, 6.07) is 0. The van der Waals surface area contributed by atoms with Gasteiger partial charge < -0.3 is 14.7 Å². The van der Waals surface area contributed by atoms with Gasteiger partial charge in [0, 0.05) is 45.8 Å². The Morgan fingerprint density at radius 2 is 1.39 bits per heavy atom. The first-order valence-electron chi connectivity index (χ1n) is 7.90. The molecule has 2 saturated heterocycles. The van der Waals surface area contributed by atoms with E-state index < -0.39 is 0 Å². The summed E-state index contributed by atoms with van der Waals surface area (Å²) in [4.78, 5) is 7.88. The van der Waals surface area contributed by atoms with Gasteiger partial charge in [0.1, 0.15) is 0 Å². The molecule has 0 unspecified atom stereocenters. The van der Waals surface area contributed by atoms with E-state index in [1.807, 2.05) is 0 Å². The van der Waals surface area contributed by atoms with Crippen LogP contribution in [0.15, 0.2) is 0 Å². The van der Waals surface area contributed by atoms with Gasteiger partial charge in [0.2, 0.25) is 0 Å². The standard InChI is InChI=1S/C15H29N3/c1-3-16-5-7-18(8-6-16)11-14-9-15(10-14)12-17(4-2)13-15/h14H,3-13H2,1-2H3. The molecule has 1 spiro atoms. The average Bonchev–Trinajstić information content (AvgIpc) is 2.31. The highest BCUT2D eigenvalue weighted by molar-refractivity contribution is 5.04.